The Balaban J connectivity index is 1.76. The first-order chi connectivity index (χ1) is 10.6. The molecule has 0 aliphatic carbocycles. The van der Waals surface area contributed by atoms with Crippen molar-refractivity contribution >= 4 is 11.8 Å². The molecule has 1 aromatic carbocycles. The lowest BCUT2D eigenvalue weighted by molar-refractivity contribution is 0.848. The Morgan fingerprint density at radius 1 is 1.09 bits per heavy atom. The molecule has 0 spiro atoms. The Bertz CT molecular complexity index is 782. The van der Waals surface area contributed by atoms with Crippen LogP contribution in [0.15, 0.2) is 47.8 Å². The summed E-state index contributed by atoms with van der Waals surface area (Å²) >= 11 is 1.57. The molecular weight excluding hydrogens is 294 g/mol. The van der Waals surface area contributed by atoms with E-state index in [2.05, 4.69) is 47.2 Å². The van der Waals surface area contributed by atoms with Crippen molar-refractivity contribution in [1.82, 2.24) is 19.9 Å². The number of hydrogen-bond acceptors (Lipinski definition) is 5. The van der Waals surface area contributed by atoms with Gasteiger partial charge in [0.2, 0.25) is 11.0 Å². The van der Waals surface area contributed by atoms with Crippen LogP contribution in [0.5, 0.6) is 0 Å². The molecule has 0 aliphatic heterocycles. The van der Waals surface area contributed by atoms with Crippen molar-refractivity contribution < 1.29 is 0 Å². The Kier molecular flexibility index (Phi) is 4.11. The number of nitrogens with zero attached hydrogens (tertiary/aromatic N) is 4. The second kappa shape index (κ2) is 6.19. The summed E-state index contributed by atoms with van der Waals surface area (Å²) in [7, 11) is 0. The van der Waals surface area contributed by atoms with Crippen LogP contribution in [0.4, 0.5) is 0 Å². The van der Waals surface area contributed by atoms with Crippen LogP contribution in [0.1, 0.15) is 16.7 Å². The maximum absolute atomic E-state index is 6.08. The van der Waals surface area contributed by atoms with Gasteiger partial charge in [0.1, 0.15) is 5.69 Å². The van der Waals surface area contributed by atoms with Crippen molar-refractivity contribution in [3.05, 3.63) is 59.3 Å². The molecule has 0 saturated carbocycles. The van der Waals surface area contributed by atoms with Crippen LogP contribution in [-0.2, 0) is 5.75 Å². The first-order valence-electron chi connectivity index (χ1n) is 6.96. The van der Waals surface area contributed by atoms with Crippen molar-refractivity contribution in [3.63, 3.8) is 0 Å². The van der Waals surface area contributed by atoms with Crippen molar-refractivity contribution in [1.29, 1.82) is 0 Å². The normalized spacial score (nSPS) is 10.8. The quantitative estimate of drug-likeness (QED) is 0.592. The first-order valence-corrected chi connectivity index (χ1v) is 7.94. The molecule has 6 heteroatoms. The standard InChI is InChI=1S/C16H17N5S/c1-11-6-7-13(9-12(11)2)10-22-16-20-19-15(21(16)17)14-5-3-4-8-18-14/h3-9H,10,17H2,1-2H3. The van der Waals surface area contributed by atoms with E-state index in [9.17, 15) is 0 Å². The minimum absolute atomic E-state index is 0.572. The van der Waals surface area contributed by atoms with E-state index in [0.29, 0.717) is 11.0 Å². The van der Waals surface area contributed by atoms with E-state index in [0.717, 1.165) is 11.4 Å². The van der Waals surface area contributed by atoms with Gasteiger partial charge in [-0.05, 0) is 42.7 Å². The largest absolute Gasteiger partial charge is 0.335 e. The minimum Gasteiger partial charge on any atom is -0.335 e. The smallest absolute Gasteiger partial charge is 0.210 e. The van der Waals surface area contributed by atoms with Crippen LogP contribution in [0.25, 0.3) is 11.5 Å². The maximum atomic E-state index is 6.08. The van der Waals surface area contributed by atoms with E-state index in [-0.39, 0.29) is 0 Å². The number of nitrogen functional groups attached to an aromatic ring is 1. The first kappa shape index (κ1) is 14.6. The maximum Gasteiger partial charge on any atom is 0.210 e. The van der Waals surface area contributed by atoms with E-state index in [1.54, 1.807) is 18.0 Å². The molecule has 2 aromatic heterocycles. The summed E-state index contributed by atoms with van der Waals surface area (Å²) in [4.78, 5) is 4.25. The number of hydrogen-bond donors (Lipinski definition) is 1. The van der Waals surface area contributed by atoms with Gasteiger partial charge in [0.05, 0.1) is 0 Å². The Morgan fingerprint density at radius 3 is 2.68 bits per heavy atom. The van der Waals surface area contributed by atoms with Crippen LogP contribution in [0, 0.1) is 13.8 Å². The molecule has 0 bridgehead atoms. The summed E-state index contributed by atoms with van der Waals surface area (Å²) in [5, 5.41) is 8.97. The third-order valence-electron chi connectivity index (χ3n) is 3.50. The molecule has 0 atom stereocenters. The molecule has 3 rings (SSSR count). The van der Waals surface area contributed by atoms with Crippen LogP contribution in [-0.4, -0.2) is 19.9 Å². The highest BCUT2D eigenvalue weighted by atomic mass is 32.2. The predicted octanol–water partition coefficient (Wildman–Crippen LogP) is 2.96. The van der Waals surface area contributed by atoms with Crippen LogP contribution in [0.3, 0.4) is 0 Å². The second-order valence-corrected chi connectivity index (χ2v) is 6.04. The molecular formula is C16H17N5S. The molecule has 0 radical (unpaired) electrons. The third-order valence-corrected chi connectivity index (χ3v) is 4.51. The molecule has 0 amide bonds. The van der Waals surface area contributed by atoms with Crippen molar-refractivity contribution in [2.24, 2.45) is 0 Å². The zero-order chi connectivity index (χ0) is 15.5. The van der Waals surface area contributed by atoms with E-state index in [1.165, 1.54) is 21.4 Å². The lowest BCUT2D eigenvalue weighted by Crippen LogP contribution is -2.12. The number of pyridine rings is 1. The van der Waals surface area contributed by atoms with Gasteiger partial charge in [-0.1, -0.05) is 36.0 Å². The van der Waals surface area contributed by atoms with Gasteiger partial charge in [-0.25, -0.2) is 4.68 Å². The molecule has 0 fully saturated rings. The Morgan fingerprint density at radius 2 is 1.95 bits per heavy atom. The molecule has 0 saturated heterocycles. The highest BCUT2D eigenvalue weighted by molar-refractivity contribution is 7.98. The molecule has 0 unspecified atom stereocenters. The van der Waals surface area contributed by atoms with E-state index >= 15 is 0 Å². The number of aryl methyl sites for hydroxylation is 2. The fourth-order valence-corrected chi connectivity index (χ4v) is 2.89. The Labute approximate surface area is 133 Å². The highest BCUT2D eigenvalue weighted by Crippen LogP contribution is 2.24. The van der Waals surface area contributed by atoms with E-state index in [4.69, 9.17) is 5.84 Å². The predicted molar refractivity (Wildman–Crippen MR) is 88.9 cm³/mol. The van der Waals surface area contributed by atoms with Gasteiger partial charge in [-0.3, -0.25) is 4.98 Å². The van der Waals surface area contributed by atoms with Gasteiger partial charge < -0.3 is 5.84 Å². The average Bonchev–Trinajstić information content (AvgIpc) is 2.90. The number of rotatable bonds is 4. The zero-order valence-corrected chi connectivity index (χ0v) is 13.3. The topological polar surface area (TPSA) is 69.6 Å². The number of nitrogens with two attached hydrogens (primary N) is 1. The van der Waals surface area contributed by atoms with Crippen molar-refractivity contribution in [2.75, 3.05) is 5.84 Å². The molecule has 2 heterocycles. The number of benzene rings is 1. The average molecular weight is 311 g/mol. The van der Waals surface area contributed by atoms with Gasteiger partial charge in [-0.2, -0.15) is 0 Å². The number of thioether (sulfide) groups is 1. The monoisotopic (exact) mass is 311 g/mol. The summed E-state index contributed by atoms with van der Waals surface area (Å²) in [6, 6.07) is 12.1. The minimum atomic E-state index is 0.572. The van der Waals surface area contributed by atoms with E-state index in [1.807, 2.05) is 18.2 Å². The molecule has 22 heavy (non-hydrogen) atoms. The van der Waals surface area contributed by atoms with Gasteiger partial charge in [-0.15, -0.1) is 10.2 Å². The summed E-state index contributed by atoms with van der Waals surface area (Å²) in [6.07, 6.45) is 1.71. The van der Waals surface area contributed by atoms with Gasteiger partial charge in [0, 0.05) is 11.9 Å². The van der Waals surface area contributed by atoms with Gasteiger partial charge in [0.25, 0.3) is 0 Å². The highest BCUT2D eigenvalue weighted by Gasteiger charge is 2.13. The lowest BCUT2D eigenvalue weighted by atomic mass is 10.1. The van der Waals surface area contributed by atoms with E-state index < -0.39 is 0 Å². The third kappa shape index (κ3) is 2.96. The summed E-state index contributed by atoms with van der Waals surface area (Å²) in [5.74, 6) is 7.46. The molecule has 0 aliphatic rings. The van der Waals surface area contributed by atoms with Gasteiger partial charge in [0.15, 0.2) is 0 Å². The molecule has 5 nitrogen and oxygen atoms in total. The van der Waals surface area contributed by atoms with Crippen LogP contribution < -0.4 is 5.84 Å². The number of aromatic nitrogens is 4. The van der Waals surface area contributed by atoms with Crippen LogP contribution in [0.2, 0.25) is 0 Å². The second-order valence-electron chi connectivity index (χ2n) is 5.10. The molecule has 112 valence electrons. The Hall–Kier alpha value is -2.34. The summed E-state index contributed by atoms with van der Waals surface area (Å²) in [6.45, 7) is 4.23. The SMILES string of the molecule is Cc1ccc(CSc2nnc(-c3ccccn3)n2N)cc1C. The van der Waals surface area contributed by atoms with Crippen molar-refractivity contribution in [3.8, 4) is 11.5 Å². The molecule has 3 aromatic rings. The zero-order valence-electron chi connectivity index (χ0n) is 12.5. The fourth-order valence-electron chi connectivity index (χ4n) is 2.09. The summed E-state index contributed by atoms with van der Waals surface area (Å²) < 4.78 is 1.49. The van der Waals surface area contributed by atoms with Crippen molar-refractivity contribution in [2.45, 2.75) is 24.8 Å². The lowest BCUT2D eigenvalue weighted by Gasteiger charge is -2.05. The molecule has 2 N–H and O–H groups in total. The van der Waals surface area contributed by atoms with Gasteiger partial charge >= 0.3 is 0 Å². The fraction of sp³-hybridized carbons (Fsp3) is 0.188. The van der Waals surface area contributed by atoms with Crippen LogP contribution >= 0.6 is 11.8 Å². The summed E-state index contributed by atoms with van der Waals surface area (Å²) in [5.41, 5.74) is 4.56.